The summed E-state index contributed by atoms with van der Waals surface area (Å²) in [6, 6.07) is 10.3. The lowest BCUT2D eigenvalue weighted by Crippen LogP contribution is -2.25. The van der Waals surface area contributed by atoms with Crippen molar-refractivity contribution < 1.29 is 4.79 Å². The Balaban J connectivity index is 1.79. The van der Waals surface area contributed by atoms with Crippen LogP contribution in [0.2, 0.25) is 0 Å². The highest BCUT2D eigenvalue weighted by Gasteiger charge is 2.17. The molecule has 0 saturated heterocycles. The molecule has 3 heterocycles. The first-order valence-electron chi connectivity index (χ1n) is 7.83. The SMILES string of the molecule is CC1Nc2ccn3ncc(c3n2)C(=O)NCCSc2ccccc21. The van der Waals surface area contributed by atoms with Crippen LogP contribution in [0, 0.1) is 0 Å². The van der Waals surface area contributed by atoms with Crippen LogP contribution in [-0.2, 0) is 0 Å². The molecule has 24 heavy (non-hydrogen) atoms. The third-order valence-electron chi connectivity index (χ3n) is 4.01. The number of hydrogen-bond donors (Lipinski definition) is 2. The highest BCUT2D eigenvalue weighted by molar-refractivity contribution is 7.99. The van der Waals surface area contributed by atoms with Crippen molar-refractivity contribution in [3.63, 3.8) is 0 Å². The van der Waals surface area contributed by atoms with Gasteiger partial charge < -0.3 is 10.6 Å². The predicted molar refractivity (Wildman–Crippen MR) is 94.5 cm³/mol. The third kappa shape index (κ3) is 2.71. The maximum Gasteiger partial charge on any atom is 0.256 e. The number of carbonyl (C=O) groups is 1. The van der Waals surface area contributed by atoms with Crippen molar-refractivity contribution in [1.82, 2.24) is 19.9 Å². The zero-order valence-corrected chi connectivity index (χ0v) is 14.0. The first-order chi connectivity index (χ1) is 11.7. The van der Waals surface area contributed by atoms with Crippen LogP contribution in [0.3, 0.4) is 0 Å². The number of amides is 1. The molecule has 0 saturated carbocycles. The number of fused-ring (bicyclic) bond motifs is 2. The summed E-state index contributed by atoms with van der Waals surface area (Å²) in [7, 11) is 0. The number of nitrogens with zero attached hydrogens (tertiary/aromatic N) is 3. The molecule has 1 unspecified atom stereocenters. The molecule has 3 aromatic rings. The molecule has 1 aliphatic rings. The molecule has 122 valence electrons. The second-order valence-electron chi connectivity index (χ2n) is 5.65. The van der Waals surface area contributed by atoms with E-state index in [1.807, 2.05) is 24.4 Å². The molecule has 1 aliphatic heterocycles. The Morgan fingerprint density at radius 1 is 1.29 bits per heavy atom. The summed E-state index contributed by atoms with van der Waals surface area (Å²) >= 11 is 1.75. The van der Waals surface area contributed by atoms with Gasteiger partial charge in [-0.1, -0.05) is 18.2 Å². The van der Waals surface area contributed by atoms with Crippen LogP contribution in [0.15, 0.2) is 47.6 Å². The van der Waals surface area contributed by atoms with Crippen LogP contribution in [-0.4, -0.2) is 32.8 Å². The Morgan fingerprint density at radius 2 is 2.17 bits per heavy atom. The largest absolute Gasteiger partial charge is 0.363 e. The Kier molecular flexibility index (Phi) is 3.86. The van der Waals surface area contributed by atoms with Crippen molar-refractivity contribution in [2.45, 2.75) is 17.9 Å². The summed E-state index contributed by atoms with van der Waals surface area (Å²) in [6.45, 7) is 2.71. The first-order valence-corrected chi connectivity index (χ1v) is 8.82. The molecule has 1 amide bonds. The number of thioether (sulfide) groups is 1. The Hall–Kier alpha value is -2.54. The van der Waals surface area contributed by atoms with Crippen molar-refractivity contribution in [2.75, 3.05) is 17.6 Å². The average Bonchev–Trinajstić information content (AvgIpc) is 3.01. The molecule has 2 bridgehead atoms. The predicted octanol–water partition coefficient (Wildman–Crippen LogP) is 2.74. The average molecular weight is 339 g/mol. The van der Waals surface area contributed by atoms with Gasteiger partial charge in [-0.2, -0.15) is 5.10 Å². The second-order valence-corrected chi connectivity index (χ2v) is 6.78. The van der Waals surface area contributed by atoms with E-state index in [4.69, 9.17) is 0 Å². The molecule has 2 aromatic heterocycles. The van der Waals surface area contributed by atoms with Crippen LogP contribution in [0.25, 0.3) is 5.65 Å². The van der Waals surface area contributed by atoms with E-state index in [1.54, 1.807) is 22.5 Å². The van der Waals surface area contributed by atoms with E-state index in [2.05, 4.69) is 39.8 Å². The van der Waals surface area contributed by atoms with Crippen molar-refractivity contribution in [3.8, 4) is 0 Å². The van der Waals surface area contributed by atoms with Crippen LogP contribution in [0.4, 0.5) is 5.82 Å². The molecule has 0 spiro atoms. The van der Waals surface area contributed by atoms with Crippen LogP contribution in [0.5, 0.6) is 0 Å². The molecule has 0 fully saturated rings. The van der Waals surface area contributed by atoms with Crippen LogP contribution >= 0.6 is 11.8 Å². The molecule has 1 aromatic carbocycles. The minimum absolute atomic E-state index is 0.111. The van der Waals surface area contributed by atoms with Crippen LogP contribution in [0.1, 0.15) is 28.9 Å². The quantitative estimate of drug-likeness (QED) is 0.659. The number of benzene rings is 1. The molecule has 0 radical (unpaired) electrons. The first kappa shape index (κ1) is 15.0. The summed E-state index contributed by atoms with van der Waals surface area (Å²) in [5.41, 5.74) is 2.28. The van der Waals surface area contributed by atoms with Gasteiger partial charge in [0.05, 0.1) is 12.2 Å². The van der Waals surface area contributed by atoms with Crippen molar-refractivity contribution in [2.24, 2.45) is 0 Å². The minimum atomic E-state index is -0.143. The lowest BCUT2D eigenvalue weighted by atomic mass is 10.1. The normalized spacial score (nSPS) is 18.0. The van der Waals surface area contributed by atoms with Gasteiger partial charge in [0.1, 0.15) is 11.4 Å². The number of anilines is 1. The number of aromatic nitrogens is 3. The topological polar surface area (TPSA) is 71.3 Å². The van der Waals surface area contributed by atoms with Crippen molar-refractivity contribution in [1.29, 1.82) is 0 Å². The van der Waals surface area contributed by atoms with Crippen molar-refractivity contribution >= 4 is 29.1 Å². The van der Waals surface area contributed by atoms with Crippen molar-refractivity contribution in [3.05, 3.63) is 53.9 Å². The Bertz CT molecular complexity index is 907. The van der Waals surface area contributed by atoms with E-state index in [9.17, 15) is 4.79 Å². The Labute approximate surface area is 143 Å². The fraction of sp³-hybridized carbons (Fsp3) is 0.235. The highest BCUT2D eigenvalue weighted by atomic mass is 32.2. The smallest absolute Gasteiger partial charge is 0.256 e. The van der Waals surface area contributed by atoms with Crippen LogP contribution < -0.4 is 10.6 Å². The molecule has 7 heteroatoms. The van der Waals surface area contributed by atoms with Gasteiger partial charge in [0, 0.05) is 23.4 Å². The van der Waals surface area contributed by atoms with Gasteiger partial charge in [0.25, 0.3) is 5.91 Å². The fourth-order valence-electron chi connectivity index (χ4n) is 2.80. The number of nitrogens with one attached hydrogen (secondary N) is 2. The van der Waals surface area contributed by atoms with E-state index in [0.717, 1.165) is 11.6 Å². The van der Waals surface area contributed by atoms with Gasteiger partial charge in [0.15, 0.2) is 5.65 Å². The molecule has 2 N–H and O–H groups in total. The maximum atomic E-state index is 12.4. The zero-order chi connectivity index (χ0) is 16.5. The zero-order valence-electron chi connectivity index (χ0n) is 13.2. The van der Waals surface area contributed by atoms with Gasteiger partial charge in [-0.25, -0.2) is 9.50 Å². The van der Waals surface area contributed by atoms with E-state index >= 15 is 0 Å². The molecular formula is C17H17N5OS. The number of hydrogen-bond acceptors (Lipinski definition) is 5. The fourth-order valence-corrected chi connectivity index (χ4v) is 3.81. The molecule has 1 atom stereocenters. The van der Waals surface area contributed by atoms with Gasteiger partial charge in [-0.3, -0.25) is 4.79 Å². The summed E-state index contributed by atoms with van der Waals surface area (Å²) in [6.07, 6.45) is 3.38. The summed E-state index contributed by atoms with van der Waals surface area (Å²) in [4.78, 5) is 18.2. The third-order valence-corrected chi connectivity index (χ3v) is 5.10. The highest BCUT2D eigenvalue weighted by Crippen LogP contribution is 2.29. The maximum absolute atomic E-state index is 12.4. The lowest BCUT2D eigenvalue weighted by molar-refractivity contribution is 0.0957. The minimum Gasteiger partial charge on any atom is -0.363 e. The van der Waals surface area contributed by atoms with Gasteiger partial charge in [-0.15, -0.1) is 11.8 Å². The van der Waals surface area contributed by atoms with Gasteiger partial charge >= 0.3 is 0 Å². The van der Waals surface area contributed by atoms with Gasteiger partial charge in [0.2, 0.25) is 0 Å². The molecule has 6 nitrogen and oxygen atoms in total. The van der Waals surface area contributed by atoms with E-state index in [0.29, 0.717) is 17.8 Å². The second kappa shape index (κ2) is 6.16. The molecule has 4 rings (SSSR count). The van der Waals surface area contributed by atoms with E-state index in [-0.39, 0.29) is 11.9 Å². The van der Waals surface area contributed by atoms with Gasteiger partial charge in [-0.05, 0) is 24.6 Å². The summed E-state index contributed by atoms with van der Waals surface area (Å²) < 4.78 is 1.62. The number of carbonyl (C=O) groups excluding carboxylic acids is 1. The monoisotopic (exact) mass is 339 g/mol. The summed E-state index contributed by atoms with van der Waals surface area (Å²) in [5, 5.41) is 10.6. The summed E-state index contributed by atoms with van der Waals surface area (Å²) in [5.74, 6) is 1.39. The lowest BCUT2D eigenvalue weighted by Gasteiger charge is -2.18. The molecular weight excluding hydrogens is 322 g/mol. The Morgan fingerprint density at radius 3 is 3.08 bits per heavy atom. The standard InChI is InChI=1S/C17H17N5OS/c1-11-12-4-2-3-5-14(12)24-9-7-18-17(23)13-10-19-22-8-6-15(20-11)21-16(13)22/h2-6,8,10-11H,7,9H2,1H3,(H,18,23)(H,20,21). The van der Waals surface area contributed by atoms with E-state index in [1.165, 1.54) is 10.5 Å². The molecule has 0 aliphatic carbocycles. The number of rotatable bonds is 0. The van der Waals surface area contributed by atoms with E-state index < -0.39 is 0 Å².